The number of nitrogens with one attached hydrogen (secondary N) is 1. The van der Waals surface area contributed by atoms with E-state index >= 15 is 0 Å². The van der Waals surface area contributed by atoms with Gasteiger partial charge in [0.2, 0.25) is 0 Å². The van der Waals surface area contributed by atoms with Crippen molar-refractivity contribution < 1.29 is 4.74 Å². The lowest BCUT2D eigenvalue weighted by Crippen LogP contribution is -2.38. The molecule has 0 bridgehead atoms. The first-order chi connectivity index (χ1) is 12.6. The molecule has 26 heavy (non-hydrogen) atoms. The normalized spacial score (nSPS) is 12.7. The van der Waals surface area contributed by atoms with Gasteiger partial charge in [-0.05, 0) is 43.5 Å². The van der Waals surface area contributed by atoms with Crippen LogP contribution in [0.1, 0.15) is 26.3 Å². The number of aliphatic imine (C=N–C) groups is 1. The molecule has 1 atom stereocenters. The standard InChI is InChI=1S/C20H31N5O/c1-5-21-20(22-14-17(3)15-25-13-7-12-23-25)24(4)16-18-8-10-19(11-9-18)26-6-2/h7-13,17H,5-6,14-16H2,1-4H3,(H,21,22). The maximum absolute atomic E-state index is 5.50. The van der Waals surface area contributed by atoms with Gasteiger partial charge in [0.25, 0.3) is 0 Å². The third-order valence-electron chi connectivity index (χ3n) is 3.96. The lowest BCUT2D eigenvalue weighted by Gasteiger charge is -2.23. The minimum absolute atomic E-state index is 0.419. The van der Waals surface area contributed by atoms with Crippen LogP contribution in [0.25, 0.3) is 0 Å². The molecule has 1 aromatic carbocycles. The molecule has 0 saturated carbocycles. The zero-order chi connectivity index (χ0) is 18.8. The molecule has 0 spiro atoms. The second-order valence-corrected chi connectivity index (χ2v) is 6.46. The molecular formula is C20H31N5O. The Bertz CT molecular complexity index is 651. The van der Waals surface area contributed by atoms with E-state index in [0.717, 1.165) is 37.9 Å². The highest BCUT2D eigenvalue weighted by Gasteiger charge is 2.09. The quantitative estimate of drug-likeness (QED) is 0.554. The summed E-state index contributed by atoms with van der Waals surface area (Å²) in [5, 5.41) is 7.64. The topological polar surface area (TPSA) is 54.7 Å². The number of aromatic nitrogens is 2. The third-order valence-corrected chi connectivity index (χ3v) is 3.96. The average Bonchev–Trinajstić information content (AvgIpc) is 3.13. The van der Waals surface area contributed by atoms with Crippen LogP contribution in [0.2, 0.25) is 0 Å². The van der Waals surface area contributed by atoms with Crippen molar-refractivity contribution in [3.63, 3.8) is 0 Å². The van der Waals surface area contributed by atoms with Crippen LogP contribution in [0.4, 0.5) is 0 Å². The minimum Gasteiger partial charge on any atom is -0.494 e. The molecule has 6 heteroatoms. The molecule has 0 fully saturated rings. The van der Waals surface area contributed by atoms with Gasteiger partial charge < -0.3 is 15.0 Å². The van der Waals surface area contributed by atoms with Crippen molar-refractivity contribution in [3.05, 3.63) is 48.3 Å². The lowest BCUT2D eigenvalue weighted by molar-refractivity contribution is 0.340. The zero-order valence-corrected chi connectivity index (χ0v) is 16.4. The van der Waals surface area contributed by atoms with Crippen LogP contribution in [0.15, 0.2) is 47.7 Å². The summed E-state index contributed by atoms with van der Waals surface area (Å²) in [5.41, 5.74) is 1.23. The van der Waals surface area contributed by atoms with Crippen LogP contribution in [-0.2, 0) is 13.1 Å². The second-order valence-electron chi connectivity index (χ2n) is 6.46. The van der Waals surface area contributed by atoms with Crippen molar-refractivity contribution in [3.8, 4) is 5.75 Å². The summed E-state index contributed by atoms with van der Waals surface area (Å²) < 4.78 is 7.46. The molecule has 1 heterocycles. The van der Waals surface area contributed by atoms with E-state index in [-0.39, 0.29) is 0 Å². The van der Waals surface area contributed by atoms with Crippen LogP contribution < -0.4 is 10.1 Å². The molecule has 1 unspecified atom stereocenters. The summed E-state index contributed by atoms with van der Waals surface area (Å²) in [7, 11) is 2.07. The van der Waals surface area contributed by atoms with E-state index in [9.17, 15) is 0 Å². The molecule has 6 nitrogen and oxygen atoms in total. The fourth-order valence-corrected chi connectivity index (χ4v) is 2.70. The predicted molar refractivity (Wildman–Crippen MR) is 106 cm³/mol. The van der Waals surface area contributed by atoms with Gasteiger partial charge in [0, 0.05) is 45.6 Å². The molecule has 1 aromatic heterocycles. The highest BCUT2D eigenvalue weighted by molar-refractivity contribution is 5.79. The van der Waals surface area contributed by atoms with Gasteiger partial charge in [0.15, 0.2) is 5.96 Å². The lowest BCUT2D eigenvalue weighted by atomic mass is 10.2. The molecule has 142 valence electrons. The van der Waals surface area contributed by atoms with Gasteiger partial charge in [-0.15, -0.1) is 0 Å². The number of rotatable bonds is 9. The molecule has 2 rings (SSSR count). The molecule has 2 aromatic rings. The Morgan fingerprint density at radius 3 is 2.69 bits per heavy atom. The van der Waals surface area contributed by atoms with Crippen LogP contribution >= 0.6 is 0 Å². The molecule has 0 amide bonds. The van der Waals surface area contributed by atoms with E-state index in [1.165, 1.54) is 5.56 Å². The zero-order valence-electron chi connectivity index (χ0n) is 16.4. The first kappa shape index (κ1) is 19.8. The number of hydrogen-bond donors (Lipinski definition) is 1. The Hall–Kier alpha value is -2.50. The van der Waals surface area contributed by atoms with Crippen molar-refractivity contribution in [1.82, 2.24) is 20.0 Å². The number of benzene rings is 1. The Morgan fingerprint density at radius 2 is 2.08 bits per heavy atom. The number of ether oxygens (including phenoxy) is 1. The Morgan fingerprint density at radius 1 is 1.31 bits per heavy atom. The predicted octanol–water partition coefficient (Wildman–Crippen LogP) is 3.02. The maximum Gasteiger partial charge on any atom is 0.193 e. The average molecular weight is 358 g/mol. The van der Waals surface area contributed by atoms with Gasteiger partial charge in [0.1, 0.15) is 5.75 Å². The molecular weight excluding hydrogens is 326 g/mol. The molecule has 1 N–H and O–H groups in total. The maximum atomic E-state index is 5.50. The first-order valence-electron chi connectivity index (χ1n) is 9.31. The summed E-state index contributed by atoms with van der Waals surface area (Å²) in [4.78, 5) is 6.96. The fourth-order valence-electron chi connectivity index (χ4n) is 2.70. The summed E-state index contributed by atoms with van der Waals surface area (Å²) in [5.74, 6) is 2.25. The van der Waals surface area contributed by atoms with Crippen molar-refractivity contribution in [1.29, 1.82) is 0 Å². The Balaban J connectivity index is 1.93. The largest absolute Gasteiger partial charge is 0.494 e. The van der Waals surface area contributed by atoms with Crippen molar-refractivity contribution in [2.24, 2.45) is 10.9 Å². The van der Waals surface area contributed by atoms with Gasteiger partial charge in [-0.25, -0.2) is 0 Å². The highest BCUT2D eigenvalue weighted by Crippen LogP contribution is 2.13. The summed E-state index contributed by atoms with van der Waals surface area (Å²) in [6, 6.07) is 10.2. The van der Waals surface area contributed by atoms with E-state index in [4.69, 9.17) is 9.73 Å². The second kappa shape index (κ2) is 10.5. The van der Waals surface area contributed by atoms with Gasteiger partial charge in [-0.3, -0.25) is 9.67 Å². The summed E-state index contributed by atoms with van der Waals surface area (Å²) in [6.07, 6.45) is 3.80. The van der Waals surface area contributed by atoms with Gasteiger partial charge in [-0.1, -0.05) is 19.1 Å². The number of nitrogens with zero attached hydrogens (tertiary/aromatic N) is 4. The number of guanidine groups is 1. The monoisotopic (exact) mass is 357 g/mol. The molecule has 0 aliphatic heterocycles. The smallest absolute Gasteiger partial charge is 0.193 e. The van der Waals surface area contributed by atoms with Crippen LogP contribution in [0.3, 0.4) is 0 Å². The third kappa shape index (κ3) is 6.43. The highest BCUT2D eigenvalue weighted by atomic mass is 16.5. The summed E-state index contributed by atoms with van der Waals surface area (Å²) in [6.45, 7) is 10.2. The SMILES string of the molecule is CCNC(=NCC(C)Cn1cccn1)N(C)Cc1ccc(OCC)cc1. The van der Waals surface area contributed by atoms with E-state index in [2.05, 4.69) is 48.3 Å². The fraction of sp³-hybridized carbons (Fsp3) is 0.500. The van der Waals surface area contributed by atoms with E-state index in [0.29, 0.717) is 12.5 Å². The molecule has 0 aliphatic rings. The van der Waals surface area contributed by atoms with Crippen molar-refractivity contribution in [2.75, 3.05) is 26.7 Å². The Labute approximate surface area is 156 Å². The summed E-state index contributed by atoms with van der Waals surface area (Å²) >= 11 is 0. The Kier molecular flexibility index (Phi) is 7.99. The first-order valence-corrected chi connectivity index (χ1v) is 9.31. The molecule has 0 radical (unpaired) electrons. The van der Waals surface area contributed by atoms with Gasteiger partial charge >= 0.3 is 0 Å². The van der Waals surface area contributed by atoms with Crippen LogP contribution in [0, 0.1) is 5.92 Å². The van der Waals surface area contributed by atoms with E-state index < -0.39 is 0 Å². The van der Waals surface area contributed by atoms with E-state index in [1.807, 2.05) is 42.2 Å². The van der Waals surface area contributed by atoms with Crippen LogP contribution in [0.5, 0.6) is 5.75 Å². The van der Waals surface area contributed by atoms with Crippen molar-refractivity contribution >= 4 is 5.96 Å². The van der Waals surface area contributed by atoms with Crippen LogP contribution in [-0.4, -0.2) is 47.4 Å². The van der Waals surface area contributed by atoms with E-state index in [1.54, 1.807) is 0 Å². The van der Waals surface area contributed by atoms with Gasteiger partial charge in [-0.2, -0.15) is 5.10 Å². The number of hydrogen-bond acceptors (Lipinski definition) is 3. The molecule has 0 saturated heterocycles. The molecule has 0 aliphatic carbocycles. The minimum atomic E-state index is 0.419. The van der Waals surface area contributed by atoms with Gasteiger partial charge in [0.05, 0.1) is 6.61 Å². The van der Waals surface area contributed by atoms with Crippen molar-refractivity contribution in [2.45, 2.75) is 33.9 Å².